The molecule has 1 aromatic rings. The van der Waals surface area contributed by atoms with Crippen molar-refractivity contribution in [3.63, 3.8) is 0 Å². The molecule has 2 aliphatic rings. The fourth-order valence-electron chi connectivity index (χ4n) is 3.60. The first-order valence-electron chi connectivity index (χ1n) is 9.58. The molecule has 12 heteroatoms. The Kier molecular flexibility index (Phi) is 7.39. The maximum Gasteiger partial charge on any atom is 0.335 e. The Labute approximate surface area is 187 Å². The second-order valence-corrected chi connectivity index (χ2v) is 9.83. The Morgan fingerprint density at radius 1 is 1.32 bits per heavy atom. The van der Waals surface area contributed by atoms with Gasteiger partial charge < -0.3 is 24.4 Å². The van der Waals surface area contributed by atoms with Crippen LogP contribution in [-0.4, -0.2) is 67.7 Å². The van der Waals surface area contributed by atoms with Crippen LogP contribution in [0.5, 0.6) is 0 Å². The highest BCUT2D eigenvalue weighted by Gasteiger charge is 2.51. The van der Waals surface area contributed by atoms with Gasteiger partial charge in [-0.05, 0) is 53.5 Å². The molecule has 0 radical (unpaired) electrons. The molecule has 1 fully saturated rings. The smallest absolute Gasteiger partial charge is 0.335 e. The lowest BCUT2D eigenvalue weighted by Crippen LogP contribution is -2.42. The van der Waals surface area contributed by atoms with Gasteiger partial charge in [0.25, 0.3) is 0 Å². The predicted octanol–water partition coefficient (Wildman–Crippen LogP) is 1.45. The molecule has 1 aromatic carbocycles. The summed E-state index contributed by atoms with van der Waals surface area (Å²) in [5, 5.41) is 17.6. The van der Waals surface area contributed by atoms with Crippen molar-refractivity contribution < 1.29 is 42.0 Å². The van der Waals surface area contributed by atoms with Crippen LogP contribution in [0.15, 0.2) is 34.3 Å². The summed E-state index contributed by atoms with van der Waals surface area (Å²) >= 11 is 3.11. The number of carbonyl (C=O) groups excluding carboxylic acids is 1. The lowest BCUT2D eigenvalue weighted by atomic mass is 9.94. The van der Waals surface area contributed by atoms with E-state index in [9.17, 15) is 27.8 Å². The molecule has 1 spiro atoms. The van der Waals surface area contributed by atoms with Gasteiger partial charge in [-0.3, -0.25) is 4.72 Å². The van der Waals surface area contributed by atoms with E-state index in [1.165, 1.54) is 12.1 Å². The van der Waals surface area contributed by atoms with E-state index in [0.717, 1.165) is 12.1 Å². The van der Waals surface area contributed by atoms with Crippen molar-refractivity contribution in [1.29, 1.82) is 0 Å². The van der Waals surface area contributed by atoms with E-state index in [2.05, 4.69) is 20.7 Å². The van der Waals surface area contributed by atoms with Crippen LogP contribution in [0.2, 0.25) is 0 Å². The molecule has 0 amide bonds. The van der Waals surface area contributed by atoms with Gasteiger partial charge in [0.05, 0.1) is 31.1 Å². The van der Waals surface area contributed by atoms with Crippen LogP contribution in [0.1, 0.15) is 19.8 Å². The summed E-state index contributed by atoms with van der Waals surface area (Å²) in [6.45, 7) is 0.766. The van der Waals surface area contributed by atoms with Gasteiger partial charge in [-0.15, -0.1) is 0 Å². The number of carbonyl (C=O) groups is 1. The van der Waals surface area contributed by atoms with Crippen LogP contribution in [0.25, 0.3) is 0 Å². The maximum atomic E-state index is 13.3. The molecule has 1 saturated heterocycles. The predicted molar refractivity (Wildman–Crippen MR) is 111 cm³/mol. The van der Waals surface area contributed by atoms with Crippen molar-refractivity contribution in [3.05, 3.63) is 40.1 Å². The number of nitrogens with one attached hydrogen (secondary N) is 1. The first-order chi connectivity index (χ1) is 14.6. The molecule has 0 unspecified atom stereocenters. The fourth-order valence-corrected chi connectivity index (χ4v) is 5.74. The van der Waals surface area contributed by atoms with Crippen molar-refractivity contribution in [3.8, 4) is 0 Å². The summed E-state index contributed by atoms with van der Waals surface area (Å²) in [7, 11) is -4.15. The zero-order valence-corrected chi connectivity index (χ0v) is 19.0. The summed E-state index contributed by atoms with van der Waals surface area (Å²) < 4.78 is 58.7. The van der Waals surface area contributed by atoms with Gasteiger partial charge in [-0.1, -0.05) is 0 Å². The van der Waals surface area contributed by atoms with Gasteiger partial charge in [-0.25, -0.2) is 17.6 Å². The van der Waals surface area contributed by atoms with Crippen LogP contribution in [0, 0.1) is 5.82 Å². The van der Waals surface area contributed by atoms with Crippen LogP contribution >= 0.6 is 15.9 Å². The molecular formula is C19H23BrFNO8S. The Bertz CT molecular complexity index is 958. The van der Waals surface area contributed by atoms with E-state index in [-0.39, 0.29) is 35.2 Å². The van der Waals surface area contributed by atoms with E-state index < -0.39 is 58.3 Å². The average Bonchev–Trinajstić information content (AvgIpc) is 3.07. The molecule has 172 valence electrons. The number of anilines is 1. The number of aliphatic hydroxyl groups excluding tert-OH is 2. The number of sulfonamides is 1. The molecule has 0 saturated carbocycles. The minimum atomic E-state index is -4.15. The molecule has 9 nitrogen and oxygen atoms in total. The van der Waals surface area contributed by atoms with E-state index in [0.29, 0.717) is 0 Å². The lowest BCUT2D eigenvalue weighted by Gasteiger charge is -2.33. The van der Waals surface area contributed by atoms with Crippen molar-refractivity contribution in [2.24, 2.45) is 0 Å². The number of esters is 1. The molecular weight excluding hydrogens is 501 g/mol. The molecule has 1 heterocycles. The van der Waals surface area contributed by atoms with E-state index in [1.807, 2.05) is 0 Å². The van der Waals surface area contributed by atoms with Crippen molar-refractivity contribution in [1.82, 2.24) is 0 Å². The van der Waals surface area contributed by atoms with Gasteiger partial charge in [0.1, 0.15) is 23.3 Å². The van der Waals surface area contributed by atoms with Crippen molar-refractivity contribution in [2.75, 3.05) is 24.5 Å². The number of aliphatic hydroxyl groups is 2. The largest absolute Gasteiger partial charge is 0.463 e. The molecule has 0 aromatic heterocycles. The maximum absolute atomic E-state index is 13.3. The van der Waals surface area contributed by atoms with Crippen molar-refractivity contribution in [2.45, 2.75) is 43.0 Å². The Morgan fingerprint density at radius 2 is 1.97 bits per heavy atom. The minimum absolute atomic E-state index is 0.0210. The highest BCUT2D eigenvalue weighted by Crippen LogP contribution is 2.41. The summed E-state index contributed by atoms with van der Waals surface area (Å²) in [5.41, 5.74) is -0.0759. The van der Waals surface area contributed by atoms with Crippen molar-refractivity contribution >= 4 is 37.6 Å². The topological polar surface area (TPSA) is 131 Å². The molecule has 1 aliphatic heterocycles. The Hall–Kier alpha value is -1.57. The van der Waals surface area contributed by atoms with Gasteiger partial charge in [0.15, 0.2) is 5.79 Å². The Morgan fingerprint density at radius 3 is 2.52 bits per heavy atom. The zero-order valence-electron chi connectivity index (χ0n) is 16.6. The standard InChI is InChI=1S/C19H23BrFNO8S/c1-2-28-18(25)12-8-19(29-15(9-23)16(10-24)30-19)6-5-17(12)31(26,27)22-14-4-3-11(21)7-13(14)20/h3-4,7-8,15-17,22-24H,2,5-6,9-10H2,1H3/t15-,16-,17-/m1/s1. The van der Waals surface area contributed by atoms with Gasteiger partial charge >= 0.3 is 5.97 Å². The third-order valence-corrected chi connectivity index (χ3v) is 7.42. The third-order valence-electron chi connectivity index (χ3n) is 5.02. The second-order valence-electron chi connectivity index (χ2n) is 7.11. The monoisotopic (exact) mass is 523 g/mol. The molecule has 31 heavy (non-hydrogen) atoms. The quantitative estimate of drug-likeness (QED) is 0.457. The van der Waals surface area contributed by atoms with Crippen LogP contribution in [0.4, 0.5) is 10.1 Å². The molecule has 0 bridgehead atoms. The summed E-state index contributed by atoms with van der Waals surface area (Å²) in [4.78, 5) is 12.6. The fraction of sp³-hybridized carbons (Fsp3) is 0.526. The SMILES string of the molecule is CCOC(=O)C1=CC2(CC[C@H]1S(=O)(=O)Nc1ccc(F)cc1Br)O[C@H](CO)[C@@H](CO)O2. The molecule has 1 aliphatic carbocycles. The number of halogens is 2. The lowest BCUT2D eigenvalue weighted by molar-refractivity contribution is -0.154. The average molecular weight is 524 g/mol. The van der Waals surface area contributed by atoms with Crippen LogP contribution in [-0.2, 0) is 29.0 Å². The minimum Gasteiger partial charge on any atom is -0.463 e. The van der Waals surface area contributed by atoms with Crippen LogP contribution < -0.4 is 4.72 Å². The molecule has 3 rings (SSSR count). The number of hydrogen-bond donors (Lipinski definition) is 3. The van der Waals surface area contributed by atoms with E-state index >= 15 is 0 Å². The number of ether oxygens (including phenoxy) is 3. The van der Waals surface area contributed by atoms with Crippen LogP contribution in [0.3, 0.4) is 0 Å². The van der Waals surface area contributed by atoms with Gasteiger partial charge in [-0.2, -0.15) is 0 Å². The highest BCUT2D eigenvalue weighted by molar-refractivity contribution is 9.10. The Balaban J connectivity index is 1.95. The van der Waals surface area contributed by atoms with Gasteiger partial charge in [0.2, 0.25) is 10.0 Å². The number of benzene rings is 1. The normalized spacial score (nSPS) is 25.3. The molecule has 3 N–H and O–H groups in total. The second kappa shape index (κ2) is 9.51. The summed E-state index contributed by atoms with van der Waals surface area (Å²) in [5.74, 6) is -2.87. The van der Waals surface area contributed by atoms with E-state index in [1.54, 1.807) is 6.92 Å². The van der Waals surface area contributed by atoms with E-state index in [4.69, 9.17) is 14.2 Å². The summed E-state index contributed by atoms with van der Waals surface area (Å²) in [6, 6.07) is 3.47. The number of hydrogen-bond acceptors (Lipinski definition) is 8. The zero-order chi connectivity index (χ0) is 22.8. The number of rotatable bonds is 7. The third kappa shape index (κ3) is 5.10. The summed E-state index contributed by atoms with van der Waals surface area (Å²) in [6.07, 6.45) is -0.415. The first-order valence-corrected chi connectivity index (χ1v) is 11.9. The molecule has 3 atom stereocenters. The first kappa shape index (κ1) is 24.1. The van der Waals surface area contributed by atoms with Gasteiger partial charge in [0, 0.05) is 10.9 Å². The highest BCUT2D eigenvalue weighted by atomic mass is 79.9.